The van der Waals surface area contributed by atoms with Crippen molar-refractivity contribution in [3.63, 3.8) is 0 Å². The highest BCUT2D eigenvalue weighted by molar-refractivity contribution is 5.36. The molecule has 1 atom stereocenters. The van der Waals surface area contributed by atoms with E-state index in [1.165, 1.54) is 20.3 Å². The molecule has 0 spiro atoms. The van der Waals surface area contributed by atoms with E-state index >= 15 is 0 Å². The summed E-state index contributed by atoms with van der Waals surface area (Å²) < 4.78 is 48.9. The number of methoxy groups -OCH3 is 2. The molecule has 0 aromatic heterocycles. The van der Waals surface area contributed by atoms with Gasteiger partial charge in [0.15, 0.2) is 0 Å². The standard InChI is InChI=1S/C11H13F3O2/c1-11(13,14)10(16-3)8-5-4-7(12)6-9(8)15-2/h4-6,10H,1-3H3. The molecule has 1 aromatic rings. The first kappa shape index (κ1) is 12.8. The number of halogens is 3. The second-order valence-electron chi connectivity index (χ2n) is 3.46. The minimum absolute atomic E-state index is 0.0494. The molecule has 0 aliphatic rings. The molecule has 2 nitrogen and oxygen atoms in total. The number of alkyl halides is 2. The topological polar surface area (TPSA) is 18.5 Å². The number of ether oxygens (including phenoxy) is 2. The van der Waals surface area contributed by atoms with Gasteiger partial charge in [0.05, 0.1) is 7.11 Å². The molecule has 0 radical (unpaired) electrons. The second-order valence-corrected chi connectivity index (χ2v) is 3.46. The van der Waals surface area contributed by atoms with Crippen molar-refractivity contribution in [1.82, 2.24) is 0 Å². The van der Waals surface area contributed by atoms with Gasteiger partial charge in [-0.25, -0.2) is 13.2 Å². The van der Waals surface area contributed by atoms with Crippen molar-refractivity contribution in [2.24, 2.45) is 0 Å². The normalized spacial score (nSPS) is 13.6. The van der Waals surface area contributed by atoms with Gasteiger partial charge in [-0.3, -0.25) is 0 Å². The van der Waals surface area contributed by atoms with Crippen LogP contribution in [0.4, 0.5) is 13.2 Å². The highest BCUT2D eigenvalue weighted by atomic mass is 19.3. The van der Waals surface area contributed by atoms with Crippen LogP contribution in [0.3, 0.4) is 0 Å². The fraction of sp³-hybridized carbons (Fsp3) is 0.455. The third kappa shape index (κ3) is 2.66. The maximum Gasteiger partial charge on any atom is 0.275 e. The van der Waals surface area contributed by atoms with E-state index in [0.717, 1.165) is 19.1 Å². The van der Waals surface area contributed by atoms with Crippen LogP contribution in [-0.2, 0) is 4.74 Å². The number of hydrogen-bond donors (Lipinski definition) is 0. The minimum Gasteiger partial charge on any atom is -0.496 e. The number of benzene rings is 1. The van der Waals surface area contributed by atoms with Crippen LogP contribution in [0.5, 0.6) is 5.75 Å². The lowest BCUT2D eigenvalue weighted by atomic mass is 10.0. The van der Waals surface area contributed by atoms with Crippen molar-refractivity contribution in [2.75, 3.05) is 14.2 Å². The first-order valence-electron chi connectivity index (χ1n) is 4.64. The molecule has 16 heavy (non-hydrogen) atoms. The SMILES string of the molecule is COc1cc(F)ccc1C(OC)C(C)(F)F. The smallest absolute Gasteiger partial charge is 0.275 e. The predicted octanol–water partition coefficient (Wildman–Crippen LogP) is 3.18. The molecule has 0 aliphatic heterocycles. The Bertz CT molecular complexity index is 361. The quantitative estimate of drug-likeness (QED) is 0.796. The molecule has 0 saturated heterocycles. The Morgan fingerprint density at radius 2 is 1.88 bits per heavy atom. The van der Waals surface area contributed by atoms with Crippen molar-refractivity contribution in [3.05, 3.63) is 29.6 Å². The summed E-state index contributed by atoms with van der Waals surface area (Å²) in [6.45, 7) is 0.740. The second kappa shape index (κ2) is 4.74. The van der Waals surface area contributed by atoms with E-state index in [1.54, 1.807) is 0 Å². The number of rotatable bonds is 4. The monoisotopic (exact) mass is 234 g/mol. The molecule has 0 heterocycles. The van der Waals surface area contributed by atoms with Crippen LogP contribution in [0.1, 0.15) is 18.6 Å². The van der Waals surface area contributed by atoms with E-state index in [4.69, 9.17) is 9.47 Å². The van der Waals surface area contributed by atoms with Crippen molar-refractivity contribution in [3.8, 4) is 5.75 Å². The van der Waals surface area contributed by atoms with E-state index in [1.807, 2.05) is 0 Å². The average Bonchev–Trinajstić information content (AvgIpc) is 2.19. The molecular formula is C11H13F3O2. The summed E-state index contributed by atoms with van der Waals surface area (Å²) in [4.78, 5) is 0. The summed E-state index contributed by atoms with van der Waals surface area (Å²) in [5.74, 6) is -3.57. The van der Waals surface area contributed by atoms with Gasteiger partial charge in [-0.1, -0.05) is 0 Å². The maximum absolute atomic E-state index is 13.2. The van der Waals surface area contributed by atoms with Crippen LogP contribution in [0.15, 0.2) is 18.2 Å². The van der Waals surface area contributed by atoms with Gasteiger partial charge in [0.25, 0.3) is 5.92 Å². The van der Waals surface area contributed by atoms with Crippen LogP contribution in [0.2, 0.25) is 0 Å². The van der Waals surface area contributed by atoms with Gasteiger partial charge in [0.2, 0.25) is 0 Å². The number of hydrogen-bond acceptors (Lipinski definition) is 2. The Morgan fingerprint density at radius 3 is 2.31 bits per heavy atom. The molecule has 0 fully saturated rings. The molecule has 0 saturated carbocycles. The van der Waals surface area contributed by atoms with Gasteiger partial charge in [0.1, 0.15) is 17.7 Å². The van der Waals surface area contributed by atoms with Gasteiger partial charge in [-0.2, -0.15) is 0 Å². The molecule has 1 rings (SSSR count). The fourth-order valence-corrected chi connectivity index (χ4v) is 1.51. The van der Waals surface area contributed by atoms with E-state index < -0.39 is 17.8 Å². The largest absolute Gasteiger partial charge is 0.496 e. The van der Waals surface area contributed by atoms with Gasteiger partial charge in [-0.15, -0.1) is 0 Å². The van der Waals surface area contributed by atoms with Gasteiger partial charge >= 0.3 is 0 Å². The Hall–Kier alpha value is -1.23. The maximum atomic E-state index is 13.2. The van der Waals surface area contributed by atoms with E-state index in [2.05, 4.69) is 0 Å². The van der Waals surface area contributed by atoms with Crippen LogP contribution >= 0.6 is 0 Å². The molecule has 5 heteroatoms. The van der Waals surface area contributed by atoms with Gasteiger partial charge in [-0.05, 0) is 12.1 Å². The van der Waals surface area contributed by atoms with Crippen LogP contribution in [0, 0.1) is 5.82 Å². The fourth-order valence-electron chi connectivity index (χ4n) is 1.51. The van der Waals surface area contributed by atoms with E-state index in [-0.39, 0.29) is 11.3 Å². The first-order chi connectivity index (χ1) is 7.40. The minimum atomic E-state index is -3.07. The van der Waals surface area contributed by atoms with E-state index in [0.29, 0.717) is 0 Å². The molecule has 0 bridgehead atoms. The summed E-state index contributed by atoms with van der Waals surface area (Å²) >= 11 is 0. The van der Waals surface area contributed by atoms with Crippen molar-refractivity contribution in [1.29, 1.82) is 0 Å². The zero-order valence-electron chi connectivity index (χ0n) is 9.26. The third-order valence-electron chi connectivity index (χ3n) is 2.17. The lowest BCUT2D eigenvalue weighted by Crippen LogP contribution is -2.24. The van der Waals surface area contributed by atoms with Crippen molar-refractivity contribution < 1.29 is 22.6 Å². The summed E-state index contributed by atoms with van der Waals surface area (Å²) in [6, 6.07) is 3.38. The Balaban J connectivity index is 3.20. The Kier molecular flexibility index (Phi) is 3.80. The zero-order valence-corrected chi connectivity index (χ0v) is 9.26. The summed E-state index contributed by atoms with van der Waals surface area (Å²) in [7, 11) is 2.46. The molecule has 0 aliphatic carbocycles. The van der Waals surface area contributed by atoms with Crippen LogP contribution < -0.4 is 4.74 Å². The lowest BCUT2D eigenvalue weighted by molar-refractivity contribution is -0.114. The van der Waals surface area contributed by atoms with Gasteiger partial charge in [0, 0.05) is 25.7 Å². The summed E-state index contributed by atoms with van der Waals surface area (Å²) in [6.07, 6.45) is -1.46. The summed E-state index contributed by atoms with van der Waals surface area (Å²) in [5, 5.41) is 0. The van der Waals surface area contributed by atoms with Crippen molar-refractivity contribution >= 4 is 0 Å². The molecule has 0 N–H and O–H groups in total. The molecule has 0 amide bonds. The predicted molar refractivity (Wildman–Crippen MR) is 53.3 cm³/mol. The zero-order chi connectivity index (χ0) is 12.3. The molecule has 90 valence electrons. The van der Waals surface area contributed by atoms with Crippen molar-refractivity contribution in [2.45, 2.75) is 19.0 Å². The van der Waals surface area contributed by atoms with Gasteiger partial charge < -0.3 is 9.47 Å². The Morgan fingerprint density at radius 1 is 1.25 bits per heavy atom. The average molecular weight is 234 g/mol. The summed E-state index contributed by atoms with van der Waals surface area (Å²) in [5.41, 5.74) is 0.124. The lowest BCUT2D eigenvalue weighted by Gasteiger charge is -2.24. The molecular weight excluding hydrogens is 221 g/mol. The highest BCUT2D eigenvalue weighted by Crippen LogP contribution is 2.38. The third-order valence-corrected chi connectivity index (χ3v) is 2.17. The molecule has 1 aromatic carbocycles. The van der Waals surface area contributed by atoms with Crippen LogP contribution in [0.25, 0.3) is 0 Å². The highest BCUT2D eigenvalue weighted by Gasteiger charge is 2.37. The van der Waals surface area contributed by atoms with Crippen LogP contribution in [-0.4, -0.2) is 20.1 Å². The van der Waals surface area contributed by atoms with E-state index in [9.17, 15) is 13.2 Å². The first-order valence-corrected chi connectivity index (χ1v) is 4.64. The Labute approximate surface area is 92.0 Å². The molecule has 1 unspecified atom stereocenters.